The van der Waals surface area contributed by atoms with Crippen molar-refractivity contribution in [3.63, 3.8) is 0 Å². The fraction of sp³-hybridized carbons (Fsp3) is 0.0909. The van der Waals surface area contributed by atoms with Crippen LogP contribution in [0.15, 0.2) is 95.7 Å². The van der Waals surface area contributed by atoms with Crippen molar-refractivity contribution in [2.24, 2.45) is 0 Å². The Balaban J connectivity index is 0.000000179. The SMILES string of the molecule is Cc1ccc(-c2[c-]ccc3c2oc2cc4cc(C)sc4cc23)nc1.Cc1ccc(-c2[c-]cccc2)nc1.[Ir]. The maximum absolute atomic E-state index is 6.22. The zero-order chi connectivity index (χ0) is 25.4. The Morgan fingerprint density at radius 3 is 2.18 bits per heavy atom. The molecule has 4 aromatic heterocycles. The molecule has 0 amide bonds. The monoisotopic (exact) mass is 689 g/mol. The van der Waals surface area contributed by atoms with Gasteiger partial charge in [0.15, 0.2) is 0 Å². The number of thiophene rings is 1. The van der Waals surface area contributed by atoms with Gasteiger partial charge in [-0.15, -0.1) is 65.4 Å². The normalized spacial score (nSPS) is 10.8. The number of fused-ring (bicyclic) bond motifs is 4. The van der Waals surface area contributed by atoms with Crippen LogP contribution in [0.25, 0.3) is 54.5 Å². The van der Waals surface area contributed by atoms with E-state index in [0.717, 1.165) is 50.0 Å². The Hall–Kier alpha value is -3.63. The van der Waals surface area contributed by atoms with Gasteiger partial charge >= 0.3 is 0 Å². The molecule has 7 aromatic rings. The molecule has 0 saturated carbocycles. The Labute approximate surface area is 239 Å². The Kier molecular flexibility index (Phi) is 7.53. The molecule has 0 saturated heterocycles. The topological polar surface area (TPSA) is 38.9 Å². The second-order valence-electron chi connectivity index (χ2n) is 9.16. The smallest absolute Gasteiger partial charge is 0.121 e. The average Bonchev–Trinajstić information content (AvgIpc) is 3.47. The first kappa shape index (κ1) is 26.0. The van der Waals surface area contributed by atoms with E-state index in [1.807, 2.05) is 80.0 Å². The molecule has 0 spiro atoms. The van der Waals surface area contributed by atoms with Crippen LogP contribution in [0.5, 0.6) is 0 Å². The van der Waals surface area contributed by atoms with Gasteiger partial charge < -0.3 is 14.4 Å². The van der Waals surface area contributed by atoms with Gasteiger partial charge in [0.2, 0.25) is 0 Å². The van der Waals surface area contributed by atoms with Gasteiger partial charge in [-0.2, -0.15) is 0 Å². The number of aryl methyl sites for hydroxylation is 3. The van der Waals surface area contributed by atoms with Crippen LogP contribution in [0, 0.1) is 32.9 Å². The Morgan fingerprint density at radius 2 is 1.50 bits per heavy atom. The number of hydrogen-bond donors (Lipinski definition) is 0. The standard InChI is InChI=1S/C21H14NOS.C12H10N.Ir/c1-12-6-7-18(22-11-12)16-5-3-4-15-17-10-20-14(8-13(2)24-20)9-19(17)23-21(15)16;1-10-7-8-12(13-9-10)11-5-3-2-4-6-11;/h3-4,6-11H,1-2H3;2-5,7-9H,1H3;/q2*-1;. The van der Waals surface area contributed by atoms with Gasteiger partial charge in [0.25, 0.3) is 0 Å². The fourth-order valence-electron chi connectivity index (χ4n) is 4.39. The molecule has 0 aliphatic carbocycles. The van der Waals surface area contributed by atoms with Gasteiger partial charge in [0.1, 0.15) is 5.58 Å². The molecule has 0 aliphatic heterocycles. The third-order valence-corrected chi connectivity index (χ3v) is 7.27. The third-order valence-electron chi connectivity index (χ3n) is 6.26. The van der Waals surface area contributed by atoms with Gasteiger partial charge in [0, 0.05) is 47.5 Å². The van der Waals surface area contributed by atoms with Crippen LogP contribution < -0.4 is 0 Å². The predicted octanol–water partition coefficient (Wildman–Crippen LogP) is 9.13. The zero-order valence-corrected chi connectivity index (χ0v) is 24.4. The van der Waals surface area contributed by atoms with Crippen molar-refractivity contribution in [3.8, 4) is 22.5 Å². The second kappa shape index (κ2) is 11.0. The summed E-state index contributed by atoms with van der Waals surface area (Å²) in [6.07, 6.45) is 3.75. The number of furan rings is 1. The summed E-state index contributed by atoms with van der Waals surface area (Å²) in [6.45, 7) is 6.21. The quantitative estimate of drug-likeness (QED) is 0.170. The van der Waals surface area contributed by atoms with E-state index in [4.69, 9.17) is 4.42 Å². The molecule has 0 unspecified atom stereocenters. The summed E-state index contributed by atoms with van der Waals surface area (Å²) < 4.78 is 7.52. The van der Waals surface area contributed by atoms with Crippen LogP contribution in [-0.2, 0) is 20.1 Å². The molecule has 0 aliphatic rings. The summed E-state index contributed by atoms with van der Waals surface area (Å²) in [4.78, 5) is 10.2. The van der Waals surface area contributed by atoms with Gasteiger partial charge in [0.05, 0.1) is 5.58 Å². The van der Waals surface area contributed by atoms with Crippen molar-refractivity contribution in [2.45, 2.75) is 20.8 Å². The van der Waals surface area contributed by atoms with E-state index in [1.54, 1.807) is 0 Å². The Morgan fingerprint density at radius 1 is 0.737 bits per heavy atom. The molecule has 0 fully saturated rings. The van der Waals surface area contributed by atoms with Crippen LogP contribution in [0.2, 0.25) is 0 Å². The Bertz CT molecular complexity index is 1840. The summed E-state index contributed by atoms with van der Waals surface area (Å²) >= 11 is 1.82. The molecular formula is C33H24IrN2OS-2. The molecule has 38 heavy (non-hydrogen) atoms. The zero-order valence-electron chi connectivity index (χ0n) is 21.2. The van der Waals surface area contributed by atoms with Crippen molar-refractivity contribution >= 4 is 43.4 Å². The third kappa shape index (κ3) is 5.19. The van der Waals surface area contributed by atoms with E-state index in [-0.39, 0.29) is 20.1 Å². The summed E-state index contributed by atoms with van der Waals surface area (Å²) in [6, 6.07) is 33.1. The number of hydrogen-bond acceptors (Lipinski definition) is 4. The molecule has 0 atom stereocenters. The van der Waals surface area contributed by atoms with Crippen LogP contribution >= 0.6 is 11.3 Å². The number of benzene rings is 3. The fourth-order valence-corrected chi connectivity index (χ4v) is 5.34. The molecule has 4 heterocycles. The van der Waals surface area contributed by atoms with Crippen molar-refractivity contribution in [1.29, 1.82) is 0 Å². The molecule has 0 N–H and O–H groups in total. The van der Waals surface area contributed by atoms with Crippen molar-refractivity contribution in [3.05, 3.63) is 119 Å². The molecular weight excluding hydrogens is 665 g/mol. The predicted molar refractivity (Wildman–Crippen MR) is 154 cm³/mol. The first-order valence-corrected chi connectivity index (χ1v) is 13.0. The van der Waals surface area contributed by atoms with Gasteiger partial charge in [-0.25, -0.2) is 0 Å². The maximum Gasteiger partial charge on any atom is 0.121 e. The van der Waals surface area contributed by atoms with E-state index < -0.39 is 0 Å². The van der Waals surface area contributed by atoms with E-state index in [0.29, 0.717) is 0 Å². The van der Waals surface area contributed by atoms with E-state index >= 15 is 0 Å². The van der Waals surface area contributed by atoms with Crippen LogP contribution in [0.4, 0.5) is 0 Å². The van der Waals surface area contributed by atoms with Gasteiger partial charge in [-0.05, 0) is 66.9 Å². The number of pyridine rings is 2. The van der Waals surface area contributed by atoms with Crippen molar-refractivity contribution in [2.75, 3.05) is 0 Å². The number of aromatic nitrogens is 2. The molecule has 5 heteroatoms. The second-order valence-corrected chi connectivity index (χ2v) is 10.4. The minimum absolute atomic E-state index is 0. The average molecular weight is 689 g/mol. The van der Waals surface area contributed by atoms with Crippen molar-refractivity contribution < 1.29 is 24.5 Å². The van der Waals surface area contributed by atoms with E-state index in [1.165, 1.54) is 20.5 Å². The molecule has 7 rings (SSSR count). The number of nitrogens with zero attached hydrogens (tertiary/aromatic N) is 2. The summed E-state index contributed by atoms with van der Waals surface area (Å²) in [5.41, 5.74) is 7.94. The molecule has 0 bridgehead atoms. The molecule has 3 aromatic carbocycles. The van der Waals surface area contributed by atoms with Crippen LogP contribution in [-0.4, -0.2) is 9.97 Å². The summed E-state index contributed by atoms with van der Waals surface area (Å²) in [5.74, 6) is 0. The first-order chi connectivity index (χ1) is 18.0. The maximum atomic E-state index is 6.22. The van der Waals surface area contributed by atoms with Crippen LogP contribution in [0.3, 0.4) is 0 Å². The van der Waals surface area contributed by atoms with Gasteiger partial charge in [-0.3, -0.25) is 0 Å². The summed E-state index contributed by atoms with van der Waals surface area (Å²) in [7, 11) is 0. The van der Waals surface area contributed by atoms with E-state index in [2.05, 4.69) is 65.4 Å². The largest absolute Gasteiger partial charge is 0.501 e. The molecule has 189 valence electrons. The van der Waals surface area contributed by atoms with Gasteiger partial charge in [-0.1, -0.05) is 35.2 Å². The summed E-state index contributed by atoms with van der Waals surface area (Å²) in [5, 5.41) is 3.51. The number of rotatable bonds is 2. The minimum Gasteiger partial charge on any atom is -0.501 e. The first-order valence-electron chi connectivity index (χ1n) is 12.1. The van der Waals surface area contributed by atoms with Crippen LogP contribution in [0.1, 0.15) is 16.0 Å². The van der Waals surface area contributed by atoms with Crippen molar-refractivity contribution in [1.82, 2.24) is 9.97 Å². The molecule has 1 radical (unpaired) electrons. The van der Waals surface area contributed by atoms with E-state index in [9.17, 15) is 0 Å². The molecule has 3 nitrogen and oxygen atoms in total. The minimum atomic E-state index is 0.